The van der Waals surface area contributed by atoms with Crippen molar-refractivity contribution in [3.05, 3.63) is 152 Å². The van der Waals surface area contributed by atoms with E-state index in [1.54, 1.807) is 18.2 Å². The maximum atomic E-state index is 10.4. The molecule has 8 aromatic rings. The van der Waals surface area contributed by atoms with Crippen molar-refractivity contribution in [2.45, 2.75) is 0 Å². The number of hydrogen-bond acceptors (Lipinski definition) is 3. The van der Waals surface area contributed by atoms with Gasteiger partial charge in [0.15, 0.2) is 0 Å². The third kappa shape index (κ3) is 4.67. The fraction of sp³-hybridized carbons (Fsp3) is 0. The topological polar surface area (TPSA) is 60.7 Å². The van der Waals surface area contributed by atoms with Gasteiger partial charge in [0.05, 0.1) is 0 Å². The number of fused-ring (bicyclic) bond motifs is 4. The Hall–Kier alpha value is -5.80. The van der Waals surface area contributed by atoms with Crippen LogP contribution in [0, 0.1) is 0 Å². The molecule has 0 saturated heterocycles. The fourth-order valence-electron chi connectivity index (χ4n) is 6.03. The number of hydrogen-bond donors (Lipinski definition) is 3. The lowest BCUT2D eigenvalue weighted by atomic mass is 9.92. The highest BCUT2D eigenvalue weighted by atomic mass is 16.3. The van der Waals surface area contributed by atoms with E-state index in [0.29, 0.717) is 16.9 Å². The van der Waals surface area contributed by atoms with E-state index < -0.39 is 0 Å². The van der Waals surface area contributed by atoms with Crippen LogP contribution in [-0.2, 0) is 0 Å². The third-order valence-electron chi connectivity index (χ3n) is 8.03. The minimum atomic E-state index is 0.172. The Morgan fingerprint density at radius 3 is 1.05 bits per heavy atom. The molecule has 0 bridgehead atoms. The summed E-state index contributed by atoms with van der Waals surface area (Å²) in [6.45, 7) is 0. The zero-order valence-corrected chi connectivity index (χ0v) is 23.3. The van der Waals surface area contributed by atoms with Crippen molar-refractivity contribution < 1.29 is 15.3 Å². The minimum absolute atomic E-state index is 0.172. The van der Waals surface area contributed by atoms with Gasteiger partial charge in [0, 0.05) is 16.7 Å². The highest BCUT2D eigenvalue weighted by Crippen LogP contribution is 2.44. The molecule has 0 amide bonds. The Morgan fingerprint density at radius 2 is 0.581 bits per heavy atom. The molecule has 3 heteroatoms. The second-order valence-corrected chi connectivity index (χ2v) is 10.6. The summed E-state index contributed by atoms with van der Waals surface area (Å²) in [5.74, 6) is 0.667. The van der Waals surface area contributed by atoms with E-state index in [-0.39, 0.29) is 11.5 Å². The van der Waals surface area contributed by atoms with Crippen LogP contribution in [0.2, 0.25) is 0 Å². The zero-order chi connectivity index (χ0) is 29.3. The van der Waals surface area contributed by atoms with Gasteiger partial charge < -0.3 is 15.3 Å². The van der Waals surface area contributed by atoms with Crippen molar-refractivity contribution >= 4 is 43.1 Å². The molecule has 0 aromatic heterocycles. The molecule has 0 spiro atoms. The summed E-state index contributed by atoms with van der Waals surface area (Å²) in [6.07, 6.45) is 0. The van der Waals surface area contributed by atoms with E-state index in [0.717, 1.165) is 48.8 Å². The first kappa shape index (κ1) is 26.1. The lowest BCUT2D eigenvalue weighted by molar-refractivity contribution is 0.470. The Kier molecular flexibility index (Phi) is 6.61. The first-order chi connectivity index (χ1) is 21.1. The first-order valence-corrected chi connectivity index (χ1v) is 14.2. The lowest BCUT2D eigenvalue weighted by Gasteiger charge is -2.14. The number of benzene rings is 8. The maximum Gasteiger partial charge on any atom is 0.124 e. The van der Waals surface area contributed by atoms with E-state index in [1.807, 2.05) is 97.1 Å². The summed E-state index contributed by atoms with van der Waals surface area (Å²) in [7, 11) is 0. The fourth-order valence-corrected chi connectivity index (χ4v) is 6.03. The van der Waals surface area contributed by atoms with Gasteiger partial charge in [-0.25, -0.2) is 0 Å². The molecule has 0 radical (unpaired) electrons. The molecule has 3 N–H and O–H groups in total. The third-order valence-corrected chi connectivity index (χ3v) is 8.03. The van der Waals surface area contributed by atoms with Crippen LogP contribution in [0.4, 0.5) is 0 Å². The molecule has 43 heavy (non-hydrogen) atoms. The van der Waals surface area contributed by atoms with Crippen molar-refractivity contribution in [3.8, 4) is 39.5 Å². The predicted octanol–water partition coefficient (Wildman–Crippen LogP) is 10.4. The van der Waals surface area contributed by atoms with E-state index in [9.17, 15) is 15.3 Å². The van der Waals surface area contributed by atoms with E-state index in [4.69, 9.17) is 0 Å². The Morgan fingerprint density at radius 1 is 0.256 bits per heavy atom. The molecule has 0 aliphatic carbocycles. The van der Waals surface area contributed by atoms with Crippen LogP contribution in [0.1, 0.15) is 0 Å². The van der Waals surface area contributed by atoms with Gasteiger partial charge in [-0.05, 0) is 66.9 Å². The SMILES string of the molecule is Oc1ccc2ccccc2c1-c1c(O)ccc2ccccc12.Oc1ccc2ccccc2c1-c1cccc2ccccc12. The molecule has 3 nitrogen and oxygen atoms in total. The first-order valence-electron chi connectivity index (χ1n) is 14.2. The molecule has 0 saturated carbocycles. The maximum absolute atomic E-state index is 10.4. The van der Waals surface area contributed by atoms with Crippen molar-refractivity contribution in [1.29, 1.82) is 0 Å². The molecule has 0 fully saturated rings. The largest absolute Gasteiger partial charge is 0.507 e. The number of phenols is 3. The normalized spacial score (nSPS) is 11.1. The van der Waals surface area contributed by atoms with Gasteiger partial charge in [0.25, 0.3) is 0 Å². The van der Waals surface area contributed by atoms with Gasteiger partial charge in [-0.3, -0.25) is 0 Å². The number of phenolic OH excluding ortho intramolecular Hbond substituents is 3. The molecule has 206 valence electrons. The van der Waals surface area contributed by atoms with Crippen LogP contribution < -0.4 is 0 Å². The van der Waals surface area contributed by atoms with E-state index in [2.05, 4.69) is 36.4 Å². The zero-order valence-electron chi connectivity index (χ0n) is 23.3. The van der Waals surface area contributed by atoms with Crippen molar-refractivity contribution in [3.63, 3.8) is 0 Å². The second-order valence-electron chi connectivity index (χ2n) is 10.6. The van der Waals surface area contributed by atoms with E-state index in [1.165, 1.54) is 5.39 Å². The molecule has 0 heterocycles. The van der Waals surface area contributed by atoms with Crippen LogP contribution >= 0.6 is 0 Å². The Balaban J connectivity index is 0.000000140. The summed E-state index contributed by atoms with van der Waals surface area (Å²) >= 11 is 0. The summed E-state index contributed by atoms with van der Waals surface area (Å²) < 4.78 is 0. The molecule has 0 aliphatic heterocycles. The van der Waals surface area contributed by atoms with Gasteiger partial charge >= 0.3 is 0 Å². The van der Waals surface area contributed by atoms with Gasteiger partial charge in [0.2, 0.25) is 0 Å². The summed E-state index contributed by atoms with van der Waals surface area (Å²) in [5.41, 5.74) is 3.33. The average Bonchev–Trinajstić information content (AvgIpc) is 3.05. The van der Waals surface area contributed by atoms with Gasteiger partial charge in [-0.15, -0.1) is 0 Å². The summed E-state index contributed by atoms with van der Waals surface area (Å²) in [4.78, 5) is 0. The molecule has 8 rings (SSSR count). The molecular weight excluding hydrogens is 528 g/mol. The second kappa shape index (κ2) is 10.9. The van der Waals surface area contributed by atoms with Crippen LogP contribution in [0.25, 0.3) is 65.3 Å². The highest BCUT2D eigenvalue weighted by Gasteiger charge is 2.16. The summed E-state index contributed by atoms with van der Waals surface area (Å²) in [5, 5.41) is 39.8. The smallest absolute Gasteiger partial charge is 0.124 e. The number of rotatable bonds is 2. The quantitative estimate of drug-likeness (QED) is 0.198. The van der Waals surface area contributed by atoms with Crippen molar-refractivity contribution in [1.82, 2.24) is 0 Å². The van der Waals surface area contributed by atoms with Crippen LogP contribution in [0.3, 0.4) is 0 Å². The lowest BCUT2D eigenvalue weighted by Crippen LogP contribution is -1.86. The molecule has 0 unspecified atom stereocenters. The van der Waals surface area contributed by atoms with Crippen molar-refractivity contribution in [2.24, 2.45) is 0 Å². The van der Waals surface area contributed by atoms with Gasteiger partial charge in [-0.1, -0.05) is 133 Å². The monoisotopic (exact) mass is 556 g/mol. The molecule has 8 aromatic carbocycles. The standard InChI is InChI=1S/C20H14O2.C20H14O/c21-17-11-9-13-5-1-3-7-15(13)19(17)20-16-8-4-2-6-14(16)10-12-18(20)22;21-19-13-12-15-7-2-4-10-17(15)20(19)18-11-5-8-14-6-1-3-9-16(14)18/h1-12,21-22H;1-13,21H. The van der Waals surface area contributed by atoms with Crippen LogP contribution in [-0.4, -0.2) is 15.3 Å². The molecule has 0 atom stereocenters. The molecular formula is C40H28O3. The van der Waals surface area contributed by atoms with Gasteiger partial charge in [-0.2, -0.15) is 0 Å². The van der Waals surface area contributed by atoms with Gasteiger partial charge in [0.1, 0.15) is 17.2 Å². The van der Waals surface area contributed by atoms with Crippen LogP contribution in [0.15, 0.2) is 152 Å². The Bertz CT molecular complexity index is 2200. The highest BCUT2D eigenvalue weighted by molar-refractivity contribution is 6.10. The summed E-state index contributed by atoms with van der Waals surface area (Å²) in [6, 6.07) is 49.2. The number of aromatic hydroxyl groups is 3. The van der Waals surface area contributed by atoms with E-state index >= 15 is 0 Å². The minimum Gasteiger partial charge on any atom is -0.507 e. The Labute approximate surface area is 249 Å². The molecule has 0 aliphatic rings. The van der Waals surface area contributed by atoms with Crippen molar-refractivity contribution in [2.75, 3.05) is 0 Å². The van der Waals surface area contributed by atoms with Crippen LogP contribution in [0.5, 0.6) is 17.2 Å². The average molecular weight is 557 g/mol. The predicted molar refractivity (Wildman–Crippen MR) is 179 cm³/mol.